The maximum absolute atomic E-state index is 13.8. The first-order valence-electron chi connectivity index (χ1n) is 19.5. The van der Waals surface area contributed by atoms with Crippen LogP contribution in [0.1, 0.15) is 160 Å². The highest BCUT2D eigenvalue weighted by atomic mass is 32.2. The number of carbonyl (C=O) groups is 2. The molecule has 9 heteroatoms. The van der Waals surface area contributed by atoms with E-state index in [-0.39, 0.29) is 80.2 Å². The second kappa shape index (κ2) is 18.3. The average molecular weight is 772 g/mol. The monoisotopic (exact) mass is 771 g/mol. The fourth-order valence-corrected chi connectivity index (χ4v) is 9.71. The minimum atomic E-state index is -0.338. The van der Waals surface area contributed by atoms with E-state index in [4.69, 9.17) is 4.74 Å². The molecule has 0 radical (unpaired) electrons. The molecule has 3 N–H and O–H groups in total. The van der Waals surface area contributed by atoms with Gasteiger partial charge in [-0.3, -0.25) is 9.59 Å². The number of hydrogen-bond acceptors (Lipinski definition) is 9. The Labute approximate surface area is 329 Å². The molecule has 2 aromatic carbocycles. The van der Waals surface area contributed by atoms with Gasteiger partial charge in [-0.1, -0.05) is 83.1 Å². The predicted molar refractivity (Wildman–Crippen MR) is 222 cm³/mol. The molecule has 7 nitrogen and oxygen atoms in total. The second-order valence-corrected chi connectivity index (χ2v) is 22.5. The number of aliphatic hydroxyl groups is 2. The number of benzene rings is 2. The number of hydrogen-bond donors (Lipinski definition) is 3. The molecule has 1 aliphatic rings. The van der Waals surface area contributed by atoms with Crippen molar-refractivity contribution in [3.05, 3.63) is 46.5 Å². The summed E-state index contributed by atoms with van der Waals surface area (Å²) in [6.07, 6.45) is 4.40. The SMILES string of the molecule is CC(C)(C)CC(=O)c1cc(SC2(Sc3cc(C(C)(C)C)c(OCCCCO)c(C(C)(C)C)c3)CCN(CCCO)CC2)cc(C(=O)CC(C)(C)C)c1O. The molecule has 0 aliphatic carbocycles. The van der Waals surface area contributed by atoms with Crippen molar-refractivity contribution in [2.75, 3.05) is 39.5 Å². The molecular weight excluding hydrogens is 703 g/mol. The number of piperidine rings is 1. The van der Waals surface area contributed by atoms with E-state index in [1.165, 1.54) is 0 Å². The Hall–Kier alpha value is -2.04. The van der Waals surface area contributed by atoms with Crippen LogP contribution in [0.25, 0.3) is 0 Å². The van der Waals surface area contributed by atoms with Gasteiger partial charge in [0.15, 0.2) is 11.6 Å². The second-order valence-electron chi connectivity index (χ2n) is 19.3. The molecule has 53 heavy (non-hydrogen) atoms. The van der Waals surface area contributed by atoms with Gasteiger partial charge >= 0.3 is 0 Å². The number of thioether (sulfide) groups is 2. The molecular formula is C44H69NO6S2. The molecule has 0 bridgehead atoms. The van der Waals surface area contributed by atoms with Crippen LogP contribution in [0.15, 0.2) is 34.1 Å². The largest absolute Gasteiger partial charge is 0.506 e. The number of ketones is 2. The van der Waals surface area contributed by atoms with Crippen LogP contribution in [-0.4, -0.2) is 75.3 Å². The Bertz CT molecular complexity index is 1470. The van der Waals surface area contributed by atoms with Crippen LogP contribution in [0.3, 0.4) is 0 Å². The van der Waals surface area contributed by atoms with Gasteiger partial charge in [0.1, 0.15) is 11.5 Å². The number of unbranched alkanes of at least 4 members (excludes halogenated alkanes) is 1. The molecule has 0 unspecified atom stereocenters. The zero-order valence-electron chi connectivity index (χ0n) is 34.8. The normalized spacial score (nSPS) is 15.8. The van der Waals surface area contributed by atoms with Crippen molar-refractivity contribution < 1.29 is 29.6 Å². The van der Waals surface area contributed by atoms with E-state index < -0.39 is 0 Å². The first-order valence-corrected chi connectivity index (χ1v) is 21.1. The van der Waals surface area contributed by atoms with Crippen LogP contribution in [0.2, 0.25) is 0 Å². The van der Waals surface area contributed by atoms with Crippen molar-refractivity contribution in [2.24, 2.45) is 10.8 Å². The van der Waals surface area contributed by atoms with Gasteiger partial charge in [0, 0.05) is 66.6 Å². The van der Waals surface area contributed by atoms with Crippen molar-refractivity contribution in [3.8, 4) is 11.5 Å². The lowest BCUT2D eigenvalue weighted by Crippen LogP contribution is -2.41. The first kappa shape index (κ1) is 45.4. The van der Waals surface area contributed by atoms with E-state index in [1.54, 1.807) is 11.8 Å². The number of likely N-dealkylation sites (tertiary alicyclic amines) is 1. The van der Waals surface area contributed by atoms with Gasteiger partial charge in [0.05, 0.1) is 21.8 Å². The lowest BCUT2D eigenvalue weighted by Gasteiger charge is -2.41. The number of aliphatic hydroxyl groups excluding tert-OH is 2. The summed E-state index contributed by atoms with van der Waals surface area (Å²) >= 11 is 3.56. The third kappa shape index (κ3) is 13.6. The summed E-state index contributed by atoms with van der Waals surface area (Å²) in [4.78, 5) is 31.9. The van der Waals surface area contributed by atoms with Crippen LogP contribution >= 0.6 is 23.5 Å². The van der Waals surface area contributed by atoms with Crippen LogP contribution in [0.4, 0.5) is 0 Å². The molecule has 1 aliphatic heterocycles. The van der Waals surface area contributed by atoms with Crippen molar-refractivity contribution in [2.45, 2.75) is 153 Å². The Balaban J connectivity index is 2.21. The van der Waals surface area contributed by atoms with Gasteiger partial charge in [0.25, 0.3) is 0 Å². The van der Waals surface area contributed by atoms with Gasteiger partial charge in [-0.2, -0.15) is 0 Å². The maximum atomic E-state index is 13.8. The number of ether oxygens (including phenoxy) is 1. The molecule has 0 saturated carbocycles. The summed E-state index contributed by atoms with van der Waals surface area (Å²) in [7, 11) is 0. The minimum Gasteiger partial charge on any atom is -0.506 e. The number of aromatic hydroxyl groups is 1. The molecule has 0 aromatic heterocycles. The lowest BCUT2D eigenvalue weighted by atomic mass is 9.79. The number of Topliss-reactive ketones (excluding diaryl/α,β-unsaturated/α-hetero) is 2. The predicted octanol–water partition coefficient (Wildman–Crippen LogP) is 10.4. The highest BCUT2D eigenvalue weighted by Gasteiger charge is 2.39. The number of phenols is 1. The van der Waals surface area contributed by atoms with Crippen molar-refractivity contribution in [1.29, 1.82) is 0 Å². The summed E-state index contributed by atoms with van der Waals surface area (Å²) in [5, 5.41) is 30.4. The van der Waals surface area contributed by atoms with Crippen molar-refractivity contribution >= 4 is 35.1 Å². The van der Waals surface area contributed by atoms with E-state index in [2.05, 4.69) is 58.6 Å². The number of carbonyl (C=O) groups excluding carboxylic acids is 2. The van der Waals surface area contributed by atoms with E-state index >= 15 is 0 Å². The Morgan fingerprint density at radius 2 is 1.13 bits per heavy atom. The van der Waals surface area contributed by atoms with Gasteiger partial charge < -0.3 is 25.0 Å². The summed E-state index contributed by atoms with van der Waals surface area (Å²) < 4.78 is 6.21. The molecule has 298 valence electrons. The molecule has 3 rings (SSSR count). The smallest absolute Gasteiger partial charge is 0.167 e. The summed E-state index contributed by atoms with van der Waals surface area (Å²) in [6, 6.07) is 8.20. The Morgan fingerprint density at radius 3 is 1.53 bits per heavy atom. The lowest BCUT2D eigenvalue weighted by molar-refractivity contribution is 0.0935. The summed E-state index contributed by atoms with van der Waals surface area (Å²) in [6.45, 7) is 28.7. The van der Waals surface area contributed by atoms with Crippen LogP contribution in [0.5, 0.6) is 11.5 Å². The molecule has 0 amide bonds. The molecule has 1 fully saturated rings. The number of rotatable bonds is 16. The van der Waals surface area contributed by atoms with Gasteiger partial charge in [-0.05, 0) is 78.0 Å². The van der Waals surface area contributed by atoms with E-state index in [0.717, 1.165) is 72.0 Å². The topological polar surface area (TPSA) is 107 Å². The fraction of sp³-hybridized carbons (Fsp3) is 0.682. The van der Waals surface area contributed by atoms with Gasteiger partial charge in [0.2, 0.25) is 0 Å². The van der Waals surface area contributed by atoms with Crippen LogP contribution < -0.4 is 4.74 Å². The number of phenolic OH excluding ortho intramolecular Hbond substituents is 1. The fourth-order valence-electron chi connectivity index (χ4n) is 6.63. The molecule has 0 spiro atoms. The molecule has 0 atom stereocenters. The molecule has 1 saturated heterocycles. The van der Waals surface area contributed by atoms with Gasteiger partial charge in [-0.15, -0.1) is 23.5 Å². The Morgan fingerprint density at radius 1 is 0.698 bits per heavy atom. The van der Waals surface area contributed by atoms with Crippen molar-refractivity contribution in [3.63, 3.8) is 0 Å². The highest BCUT2D eigenvalue weighted by Crippen LogP contribution is 2.54. The summed E-state index contributed by atoms with van der Waals surface area (Å²) in [5.41, 5.74) is 1.76. The van der Waals surface area contributed by atoms with E-state index in [9.17, 15) is 24.9 Å². The standard InChI is InChI=1S/C44H69NO6S2/c1-40(2,3)28-36(48)32-24-30(25-33(38(32)50)37(49)29-41(4,5)6)52-44(16-19-45(20-17-44)18-15-22-47)53-31-26-34(42(7,8)9)39(51-23-14-13-21-46)35(27-31)43(10,11)12/h24-27,46-47,50H,13-23,28-29H2,1-12H3. The van der Waals surface area contributed by atoms with E-state index in [1.807, 2.05) is 65.4 Å². The Kier molecular flexibility index (Phi) is 15.6. The average Bonchev–Trinajstić information content (AvgIpc) is 3.01. The maximum Gasteiger partial charge on any atom is 0.167 e. The van der Waals surface area contributed by atoms with Gasteiger partial charge in [-0.25, -0.2) is 0 Å². The highest BCUT2D eigenvalue weighted by molar-refractivity contribution is 8.18. The number of nitrogens with zero attached hydrogens (tertiary/aromatic N) is 1. The zero-order chi connectivity index (χ0) is 40.0. The molecule has 2 aromatic rings. The molecule has 1 heterocycles. The van der Waals surface area contributed by atoms with Crippen LogP contribution in [-0.2, 0) is 10.8 Å². The third-order valence-electron chi connectivity index (χ3n) is 9.40. The van der Waals surface area contributed by atoms with E-state index in [0.29, 0.717) is 13.0 Å². The summed E-state index contributed by atoms with van der Waals surface area (Å²) in [5.74, 6) is 0.386. The van der Waals surface area contributed by atoms with Crippen molar-refractivity contribution in [1.82, 2.24) is 4.90 Å². The third-order valence-corrected chi connectivity index (χ3v) is 12.4. The quantitative estimate of drug-likeness (QED) is 0.0873. The first-order chi connectivity index (χ1) is 24.4. The zero-order valence-corrected chi connectivity index (χ0v) is 36.5. The van der Waals surface area contributed by atoms with Crippen LogP contribution in [0, 0.1) is 10.8 Å². The minimum absolute atomic E-state index is 0.147.